The molecule has 0 aliphatic carbocycles. The Morgan fingerprint density at radius 1 is 1.22 bits per heavy atom. The molecule has 0 bridgehead atoms. The number of morpholine rings is 1. The lowest BCUT2D eigenvalue weighted by Crippen LogP contribution is -2.49. The molecule has 2 aliphatic heterocycles. The Morgan fingerprint density at radius 3 is 2.70 bits per heavy atom. The summed E-state index contributed by atoms with van der Waals surface area (Å²) >= 11 is 0. The Kier molecular flexibility index (Phi) is 5.25. The van der Waals surface area contributed by atoms with Crippen molar-refractivity contribution in [1.29, 1.82) is 0 Å². The van der Waals surface area contributed by atoms with Gasteiger partial charge in [0.05, 0.1) is 19.3 Å². The minimum absolute atomic E-state index is 0.0384. The van der Waals surface area contributed by atoms with E-state index in [2.05, 4.69) is 9.88 Å². The Bertz CT molecular complexity index is 546. The number of hydrogen-bond donors (Lipinski definition) is 1. The van der Waals surface area contributed by atoms with Crippen LogP contribution >= 0.6 is 0 Å². The van der Waals surface area contributed by atoms with Gasteiger partial charge in [-0.15, -0.1) is 0 Å². The molecule has 2 atom stereocenters. The van der Waals surface area contributed by atoms with Gasteiger partial charge in [0.2, 0.25) is 0 Å². The molecule has 126 valence electrons. The van der Waals surface area contributed by atoms with E-state index in [1.807, 2.05) is 24.0 Å². The van der Waals surface area contributed by atoms with Crippen LogP contribution in [0.5, 0.6) is 0 Å². The van der Waals surface area contributed by atoms with E-state index in [1.165, 1.54) is 0 Å². The summed E-state index contributed by atoms with van der Waals surface area (Å²) < 4.78 is 5.39. The van der Waals surface area contributed by atoms with E-state index < -0.39 is 6.10 Å². The number of carbonyl (C=O) groups is 1. The Balaban J connectivity index is 1.66. The number of rotatable bonds is 2. The van der Waals surface area contributed by atoms with Crippen LogP contribution in [0.15, 0.2) is 18.2 Å². The fraction of sp³-hybridized carbons (Fsp3) is 0.647. The number of carbonyl (C=O) groups excluding carboxylic acids is 1. The zero-order chi connectivity index (χ0) is 16.2. The van der Waals surface area contributed by atoms with Gasteiger partial charge in [-0.2, -0.15) is 0 Å². The number of aromatic nitrogens is 1. The molecule has 0 unspecified atom stereocenters. The molecular weight excluding hydrogens is 294 g/mol. The van der Waals surface area contributed by atoms with E-state index >= 15 is 0 Å². The van der Waals surface area contributed by atoms with E-state index in [1.54, 1.807) is 6.07 Å². The largest absolute Gasteiger partial charge is 0.391 e. The molecule has 0 aromatic carbocycles. The number of pyridine rings is 1. The minimum atomic E-state index is -0.392. The molecule has 0 radical (unpaired) electrons. The predicted octanol–water partition coefficient (Wildman–Crippen LogP) is 0.688. The third kappa shape index (κ3) is 3.88. The van der Waals surface area contributed by atoms with Crippen molar-refractivity contribution in [2.75, 3.05) is 39.4 Å². The molecule has 23 heavy (non-hydrogen) atoms. The van der Waals surface area contributed by atoms with Gasteiger partial charge < -0.3 is 14.7 Å². The van der Waals surface area contributed by atoms with Gasteiger partial charge in [-0.05, 0) is 31.9 Å². The maximum absolute atomic E-state index is 12.6. The number of hydrogen-bond acceptors (Lipinski definition) is 5. The van der Waals surface area contributed by atoms with Crippen molar-refractivity contribution in [3.63, 3.8) is 0 Å². The van der Waals surface area contributed by atoms with Gasteiger partial charge in [-0.25, -0.2) is 4.98 Å². The molecule has 2 fully saturated rings. The molecule has 1 amide bonds. The highest BCUT2D eigenvalue weighted by Crippen LogP contribution is 2.20. The summed E-state index contributed by atoms with van der Waals surface area (Å²) in [6, 6.07) is 5.62. The van der Waals surface area contributed by atoms with Gasteiger partial charge in [0.1, 0.15) is 5.69 Å². The topological polar surface area (TPSA) is 65.9 Å². The Hall–Kier alpha value is -1.50. The number of amides is 1. The standard InChI is InChI=1S/C17H25N3O3/c1-13-3-2-4-14(18-13)17(22)20-7-5-15(16(21)6-8-20)19-9-11-23-12-10-19/h2-4,15-16,21H,5-12H2,1H3/t15-,16-/m0/s1. The molecule has 2 aliphatic rings. The molecule has 3 rings (SSSR count). The summed E-state index contributed by atoms with van der Waals surface area (Å²) in [6.45, 7) is 6.28. The van der Waals surface area contributed by atoms with Crippen molar-refractivity contribution in [1.82, 2.24) is 14.8 Å². The number of ether oxygens (including phenoxy) is 1. The zero-order valence-electron chi connectivity index (χ0n) is 13.6. The molecule has 0 spiro atoms. The van der Waals surface area contributed by atoms with E-state index in [4.69, 9.17) is 4.74 Å². The lowest BCUT2D eigenvalue weighted by Gasteiger charge is -2.36. The van der Waals surface area contributed by atoms with Crippen molar-refractivity contribution in [3.05, 3.63) is 29.6 Å². The third-order valence-corrected chi connectivity index (χ3v) is 4.74. The van der Waals surface area contributed by atoms with Gasteiger partial charge in [0.25, 0.3) is 5.91 Å². The molecule has 1 aromatic rings. The van der Waals surface area contributed by atoms with Crippen molar-refractivity contribution in [3.8, 4) is 0 Å². The number of nitrogens with zero attached hydrogens (tertiary/aromatic N) is 3. The van der Waals surface area contributed by atoms with E-state index in [9.17, 15) is 9.90 Å². The molecule has 0 saturated carbocycles. The summed E-state index contributed by atoms with van der Waals surface area (Å²) in [7, 11) is 0. The number of aryl methyl sites for hydroxylation is 1. The maximum Gasteiger partial charge on any atom is 0.272 e. The highest BCUT2D eigenvalue weighted by molar-refractivity contribution is 5.92. The zero-order valence-corrected chi connectivity index (χ0v) is 13.6. The van der Waals surface area contributed by atoms with Crippen LogP contribution < -0.4 is 0 Å². The number of likely N-dealkylation sites (tertiary alicyclic amines) is 1. The monoisotopic (exact) mass is 319 g/mol. The molecule has 1 N–H and O–H groups in total. The first-order valence-electron chi connectivity index (χ1n) is 8.38. The lowest BCUT2D eigenvalue weighted by molar-refractivity contribution is -0.0222. The van der Waals surface area contributed by atoms with Crippen LogP contribution in [0.1, 0.15) is 29.0 Å². The maximum atomic E-state index is 12.6. The fourth-order valence-electron chi connectivity index (χ4n) is 3.44. The predicted molar refractivity (Wildman–Crippen MR) is 86.3 cm³/mol. The van der Waals surface area contributed by atoms with E-state index in [-0.39, 0.29) is 11.9 Å². The molecule has 1 aromatic heterocycles. The van der Waals surface area contributed by atoms with Gasteiger partial charge >= 0.3 is 0 Å². The highest BCUT2D eigenvalue weighted by Gasteiger charge is 2.32. The van der Waals surface area contributed by atoms with Crippen LogP contribution in [0, 0.1) is 6.92 Å². The lowest BCUT2D eigenvalue weighted by atomic mass is 10.0. The van der Waals surface area contributed by atoms with Crippen LogP contribution in [0.2, 0.25) is 0 Å². The van der Waals surface area contributed by atoms with Crippen LogP contribution in [0.25, 0.3) is 0 Å². The minimum Gasteiger partial charge on any atom is -0.391 e. The molecule has 6 nitrogen and oxygen atoms in total. The van der Waals surface area contributed by atoms with Gasteiger partial charge in [0, 0.05) is 37.9 Å². The van der Waals surface area contributed by atoms with Crippen LogP contribution in [-0.2, 0) is 4.74 Å². The van der Waals surface area contributed by atoms with E-state index in [0.29, 0.717) is 25.2 Å². The van der Waals surface area contributed by atoms with Crippen molar-refractivity contribution < 1.29 is 14.6 Å². The first kappa shape index (κ1) is 16.4. The molecule has 2 saturated heterocycles. The summed E-state index contributed by atoms with van der Waals surface area (Å²) in [4.78, 5) is 21.1. The second-order valence-electron chi connectivity index (χ2n) is 6.32. The highest BCUT2D eigenvalue weighted by atomic mass is 16.5. The van der Waals surface area contributed by atoms with Crippen LogP contribution in [0.4, 0.5) is 0 Å². The van der Waals surface area contributed by atoms with Crippen molar-refractivity contribution in [2.24, 2.45) is 0 Å². The number of aliphatic hydroxyl groups excluding tert-OH is 1. The molecule has 6 heteroatoms. The smallest absolute Gasteiger partial charge is 0.272 e. The normalized spacial score (nSPS) is 26.8. The van der Waals surface area contributed by atoms with E-state index in [0.717, 1.165) is 38.4 Å². The SMILES string of the molecule is Cc1cccc(C(=O)N2CC[C@H](O)[C@@H](N3CCOCC3)CC2)n1. The summed E-state index contributed by atoms with van der Waals surface area (Å²) in [5, 5.41) is 10.5. The second-order valence-corrected chi connectivity index (χ2v) is 6.32. The molecule has 3 heterocycles. The van der Waals surface area contributed by atoms with Crippen molar-refractivity contribution >= 4 is 5.91 Å². The summed E-state index contributed by atoms with van der Waals surface area (Å²) in [5.74, 6) is -0.0384. The quantitative estimate of drug-likeness (QED) is 0.869. The summed E-state index contributed by atoms with van der Waals surface area (Å²) in [6.07, 6.45) is 1.01. The van der Waals surface area contributed by atoms with Gasteiger partial charge in [-0.1, -0.05) is 6.07 Å². The second kappa shape index (κ2) is 7.38. The first-order valence-corrected chi connectivity index (χ1v) is 8.38. The Labute approximate surface area is 137 Å². The third-order valence-electron chi connectivity index (χ3n) is 4.74. The average Bonchev–Trinajstić information content (AvgIpc) is 2.77. The first-order chi connectivity index (χ1) is 11.1. The van der Waals surface area contributed by atoms with Crippen molar-refractivity contribution in [2.45, 2.75) is 31.9 Å². The Morgan fingerprint density at radius 2 is 1.96 bits per heavy atom. The van der Waals surface area contributed by atoms with Gasteiger partial charge in [0.15, 0.2) is 0 Å². The molecular formula is C17H25N3O3. The van der Waals surface area contributed by atoms with Crippen LogP contribution in [0.3, 0.4) is 0 Å². The van der Waals surface area contributed by atoms with Crippen LogP contribution in [-0.4, -0.2) is 77.3 Å². The average molecular weight is 319 g/mol. The van der Waals surface area contributed by atoms with Gasteiger partial charge in [-0.3, -0.25) is 9.69 Å². The number of aliphatic hydroxyl groups is 1. The summed E-state index contributed by atoms with van der Waals surface area (Å²) in [5.41, 5.74) is 1.33. The fourth-order valence-corrected chi connectivity index (χ4v) is 3.44.